The Bertz CT molecular complexity index is 845. The molecule has 1 heterocycles. The summed E-state index contributed by atoms with van der Waals surface area (Å²) < 4.78 is 10.3. The highest BCUT2D eigenvalue weighted by atomic mass is 32.2. The molecule has 3 rings (SSSR count). The molecule has 2 aromatic rings. The van der Waals surface area contributed by atoms with E-state index in [-0.39, 0.29) is 5.57 Å². The van der Waals surface area contributed by atoms with Crippen LogP contribution >= 0.6 is 11.8 Å². The van der Waals surface area contributed by atoms with Gasteiger partial charge in [-0.15, -0.1) is 0 Å². The highest BCUT2D eigenvalue weighted by Gasteiger charge is 2.38. The lowest BCUT2D eigenvalue weighted by atomic mass is 10.1. The molecule has 26 heavy (non-hydrogen) atoms. The van der Waals surface area contributed by atoms with Crippen LogP contribution in [0.3, 0.4) is 0 Å². The second-order valence-electron chi connectivity index (χ2n) is 6.07. The Hall–Kier alpha value is -2.79. The van der Waals surface area contributed by atoms with Gasteiger partial charge in [0.1, 0.15) is 5.57 Å². The number of benzene rings is 2. The lowest BCUT2D eigenvalue weighted by Crippen LogP contribution is -2.41. The van der Waals surface area contributed by atoms with Crippen LogP contribution in [-0.4, -0.2) is 17.7 Å². The molecule has 4 nitrogen and oxygen atoms in total. The van der Waals surface area contributed by atoms with E-state index in [9.17, 15) is 9.59 Å². The summed E-state index contributed by atoms with van der Waals surface area (Å²) in [7, 11) is 0. The lowest BCUT2D eigenvalue weighted by Gasteiger charge is -2.29. The largest absolute Gasteiger partial charge is 0.419 e. The van der Waals surface area contributed by atoms with Gasteiger partial charge in [0.25, 0.3) is 5.79 Å². The predicted molar refractivity (Wildman–Crippen MR) is 101 cm³/mol. The minimum Gasteiger partial charge on any atom is -0.419 e. The van der Waals surface area contributed by atoms with Gasteiger partial charge in [-0.2, -0.15) is 0 Å². The number of rotatable bonds is 4. The van der Waals surface area contributed by atoms with Crippen LogP contribution in [0.1, 0.15) is 19.4 Å². The molecule has 0 unspecified atom stereocenters. The Morgan fingerprint density at radius 2 is 1.42 bits per heavy atom. The molecule has 1 aliphatic heterocycles. The first kappa shape index (κ1) is 18.0. The summed E-state index contributed by atoms with van der Waals surface area (Å²) in [6.07, 6.45) is 3.20. The van der Waals surface area contributed by atoms with E-state index in [0.29, 0.717) is 0 Å². The Kier molecular flexibility index (Phi) is 5.28. The van der Waals surface area contributed by atoms with E-state index in [4.69, 9.17) is 9.47 Å². The van der Waals surface area contributed by atoms with E-state index in [1.54, 1.807) is 17.8 Å². The van der Waals surface area contributed by atoms with E-state index >= 15 is 0 Å². The Morgan fingerprint density at radius 1 is 0.885 bits per heavy atom. The van der Waals surface area contributed by atoms with Crippen LogP contribution in [0.25, 0.3) is 4.91 Å². The molecule has 5 heteroatoms. The first-order valence-electron chi connectivity index (χ1n) is 8.12. The van der Waals surface area contributed by atoms with Gasteiger partial charge in [0.2, 0.25) is 0 Å². The minimum atomic E-state index is -1.24. The summed E-state index contributed by atoms with van der Waals surface area (Å²) in [6, 6.07) is 19.6. The molecule has 2 aromatic carbocycles. The fourth-order valence-corrected chi connectivity index (χ4v) is 3.30. The van der Waals surface area contributed by atoms with E-state index in [1.165, 1.54) is 19.9 Å². The quantitative estimate of drug-likeness (QED) is 0.343. The highest BCUT2D eigenvalue weighted by molar-refractivity contribution is 8.08. The van der Waals surface area contributed by atoms with Crippen LogP contribution in [0.4, 0.5) is 0 Å². The number of ether oxygens (including phenoxy) is 2. The van der Waals surface area contributed by atoms with Crippen molar-refractivity contribution in [3.8, 4) is 0 Å². The topological polar surface area (TPSA) is 52.6 Å². The maximum Gasteiger partial charge on any atom is 0.348 e. The molecular weight excluding hydrogens is 348 g/mol. The molecule has 0 spiro atoms. The zero-order valence-electron chi connectivity index (χ0n) is 14.5. The molecule has 132 valence electrons. The zero-order valence-corrected chi connectivity index (χ0v) is 15.3. The summed E-state index contributed by atoms with van der Waals surface area (Å²) in [4.78, 5) is 26.2. The number of hydrogen-bond acceptors (Lipinski definition) is 5. The van der Waals surface area contributed by atoms with Gasteiger partial charge in [0.05, 0.1) is 0 Å². The third-order valence-electron chi connectivity index (χ3n) is 3.55. The van der Waals surface area contributed by atoms with Gasteiger partial charge in [0.15, 0.2) is 0 Å². The van der Waals surface area contributed by atoms with Gasteiger partial charge in [-0.1, -0.05) is 60.3 Å². The molecule has 0 amide bonds. The van der Waals surface area contributed by atoms with Gasteiger partial charge < -0.3 is 9.47 Å². The van der Waals surface area contributed by atoms with Crippen LogP contribution in [0.2, 0.25) is 0 Å². The van der Waals surface area contributed by atoms with Crippen molar-refractivity contribution in [2.75, 3.05) is 0 Å². The van der Waals surface area contributed by atoms with Gasteiger partial charge >= 0.3 is 11.9 Å². The summed E-state index contributed by atoms with van der Waals surface area (Å²) >= 11 is 1.54. The number of hydrogen-bond donors (Lipinski definition) is 0. The lowest BCUT2D eigenvalue weighted by molar-refractivity contribution is -0.222. The molecule has 0 radical (unpaired) electrons. The fourth-order valence-electron chi connectivity index (χ4n) is 2.36. The van der Waals surface area contributed by atoms with Gasteiger partial charge in [0, 0.05) is 23.6 Å². The average Bonchev–Trinajstić information content (AvgIpc) is 2.60. The SMILES string of the molecule is CC1(C)OC(=O)C(=CC=C(Sc2ccccc2)c2ccccc2)C(=O)O1. The molecule has 0 aromatic heterocycles. The van der Waals surface area contributed by atoms with E-state index in [1.807, 2.05) is 60.7 Å². The normalized spacial score (nSPS) is 16.7. The average molecular weight is 366 g/mol. The molecule has 1 aliphatic rings. The predicted octanol–water partition coefficient (Wildman–Crippen LogP) is 4.58. The van der Waals surface area contributed by atoms with E-state index in [2.05, 4.69) is 0 Å². The molecular formula is C21H18O4S. The molecule has 1 saturated heterocycles. The van der Waals surface area contributed by atoms with Gasteiger partial charge in [-0.25, -0.2) is 9.59 Å². The Morgan fingerprint density at radius 3 is 2.00 bits per heavy atom. The van der Waals surface area contributed by atoms with E-state index in [0.717, 1.165) is 15.4 Å². The maximum absolute atomic E-state index is 12.1. The summed E-state index contributed by atoms with van der Waals surface area (Å²) in [5, 5.41) is 0. The van der Waals surface area contributed by atoms with Crippen molar-refractivity contribution in [1.29, 1.82) is 0 Å². The minimum absolute atomic E-state index is 0.119. The fraction of sp³-hybridized carbons (Fsp3) is 0.143. The third-order valence-corrected chi connectivity index (χ3v) is 4.65. The monoisotopic (exact) mass is 366 g/mol. The summed E-state index contributed by atoms with van der Waals surface area (Å²) in [5.41, 5.74) is 0.863. The molecule has 0 aliphatic carbocycles. The number of allylic oxidation sites excluding steroid dienone is 2. The molecule has 0 atom stereocenters. The smallest absolute Gasteiger partial charge is 0.348 e. The number of carbonyl (C=O) groups is 2. The number of thioether (sulfide) groups is 1. The third kappa shape index (κ3) is 4.43. The van der Waals surface area contributed by atoms with Crippen molar-refractivity contribution in [1.82, 2.24) is 0 Å². The number of cyclic esters (lactones) is 2. The Labute approximate surface area is 156 Å². The Balaban J connectivity index is 1.94. The zero-order chi connectivity index (χ0) is 18.6. The van der Waals surface area contributed by atoms with Crippen LogP contribution in [-0.2, 0) is 19.1 Å². The van der Waals surface area contributed by atoms with Crippen molar-refractivity contribution < 1.29 is 19.1 Å². The van der Waals surface area contributed by atoms with E-state index < -0.39 is 17.7 Å². The first-order valence-corrected chi connectivity index (χ1v) is 8.93. The summed E-state index contributed by atoms with van der Waals surface area (Å²) in [5.74, 6) is -2.60. The van der Waals surface area contributed by atoms with Crippen molar-refractivity contribution in [2.45, 2.75) is 24.5 Å². The number of esters is 2. The molecule has 0 bridgehead atoms. The van der Waals surface area contributed by atoms with Gasteiger partial charge in [-0.05, 0) is 29.8 Å². The second-order valence-corrected chi connectivity index (χ2v) is 7.19. The maximum atomic E-state index is 12.1. The molecule has 1 fully saturated rings. The summed E-state index contributed by atoms with van der Waals surface area (Å²) in [6.45, 7) is 3.05. The van der Waals surface area contributed by atoms with Crippen LogP contribution in [0.15, 0.2) is 83.3 Å². The standard InChI is InChI=1S/C21H18O4S/c1-21(2)24-19(22)17(20(23)25-21)13-14-18(15-9-5-3-6-10-15)26-16-11-7-4-8-12-16/h3-14H,1-2H3. The first-order chi connectivity index (χ1) is 12.4. The second kappa shape index (κ2) is 7.62. The van der Waals surface area contributed by atoms with Crippen molar-refractivity contribution >= 4 is 28.6 Å². The van der Waals surface area contributed by atoms with Crippen molar-refractivity contribution in [3.63, 3.8) is 0 Å². The van der Waals surface area contributed by atoms with Crippen molar-refractivity contribution in [2.24, 2.45) is 0 Å². The van der Waals surface area contributed by atoms with Crippen LogP contribution in [0.5, 0.6) is 0 Å². The van der Waals surface area contributed by atoms with Crippen LogP contribution < -0.4 is 0 Å². The highest BCUT2D eigenvalue weighted by Crippen LogP contribution is 2.34. The molecule has 0 N–H and O–H groups in total. The number of carbonyl (C=O) groups excluding carboxylic acids is 2. The van der Waals surface area contributed by atoms with Crippen LogP contribution in [0, 0.1) is 0 Å². The van der Waals surface area contributed by atoms with Crippen molar-refractivity contribution in [3.05, 3.63) is 84.0 Å². The molecule has 0 saturated carbocycles. The van der Waals surface area contributed by atoms with Gasteiger partial charge in [-0.3, -0.25) is 0 Å².